The Bertz CT molecular complexity index is 525. The van der Waals surface area contributed by atoms with E-state index in [-0.39, 0.29) is 12.5 Å². The lowest BCUT2D eigenvalue weighted by atomic mass is 9.99. The van der Waals surface area contributed by atoms with Gasteiger partial charge in [-0.1, -0.05) is 28.1 Å². The van der Waals surface area contributed by atoms with Crippen molar-refractivity contribution in [3.8, 4) is 0 Å². The molecule has 1 aromatic rings. The number of methoxy groups -OCH3 is 1. The third kappa shape index (κ3) is 6.93. The summed E-state index contributed by atoms with van der Waals surface area (Å²) in [6.07, 6.45) is -0.0716. The molecule has 6 heteroatoms. The second-order valence-electron chi connectivity index (χ2n) is 5.94. The van der Waals surface area contributed by atoms with Crippen molar-refractivity contribution in [2.24, 2.45) is 5.92 Å². The van der Waals surface area contributed by atoms with E-state index in [0.717, 1.165) is 10.0 Å². The summed E-state index contributed by atoms with van der Waals surface area (Å²) in [6.45, 7) is 5.51. The van der Waals surface area contributed by atoms with E-state index in [1.165, 1.54) is 7.11 Å². The van der Waals surface area contributed by atoms with E-state index < -0.39 is 17.6 Å². The van der Waals surface area contributed by atoms with Gasteiger partial charge in [0.1, 0.15) is 5.60 Å². The molecule has 0 aromatic heterocycles. The van der Waals surface area contributed by atoms with Crippen LogP contribution in [0.25, 0.3) is 0 Å². The van der Waals surface area contributed by atoms with Gasteiger partial charge in [-0.3, -0.25) is 4.79 Å². The van der Waals surface area contributed by atoms with Crippen molar-refractivity contribution >= 4 is 28.0 Å². The van der Waals surface area contributed by atoms with Crippen LogP contribution in [0.5, 0.6) is 0 Å². The van der Waals surface area contributed by atoms with Crippen LogP contribution in [0.3, 0.4) is 0 Å². The zero-order chi connectivity index (χ0) is 16.8. The van der Waals surface area contributed by atoms with Gasteiger partial charge in [0.05, 0.1) is 13.0 Å². The van der Waals surface area contributed by atoms with Gasteiger partial charge in [-0.05, 0) is 44.9 Å². The van der Waals surface area contributed by atoms with Gasteiger partial charge in [-0.2, -0.15) is 0 Å². The van der Waals surface area contributed by atoms with Crippen molar-refractivity contribution in [2.75, 3.05) is 13.7 Å². The Balaban J connectivity index is 2.66. The average Bonchev–Trinajstić information content (AvgIpc) is 2.40. The van der Waals surface area contributed by atoms with E-state index in [1.54, 1.807) is 20.8 Å². The number of nitrogens with one attached hydrogen (secondary N) is 1. The molecule has 0 unspecified atom stereocenters. The number of benzene rings is 1. The summed E-state index contributed by atoms with van der Waals surface area (Å²) in [5, 5.41) is 2.62. The van der Waals surface area contributed by atoms with Gasteiger partial charge in [-0.15, -0.1) is 0 Å². The van der Waals surface area contributed by atoms with Gasteiger partial charge in [-0.25, -0.2) is 4.79 Å². The lowest BCUT2D eigenvalue weighted by Gasteiger charge is -2.21. The first-order chi connectivity index (χ1) is 10.2. The van der Waals surface area contributed by atoms with Crippen LogP contribution >= 0.6 is 15.9 Å². The summed E-state index contributed by atoms with van der Waals surface area (Å²) in [7, 11) is 1.34. The molecule has 1 amide bonds. The molecule has 1 N–H and O–H groups in total. The number of carbonyl (C=O) groups is 2. The van der Waals surface area contributed by atoms with E-state index in [2.05, 4.69) is 21.2 Å². The van der Waals surface area contributed by atoms with Crippen molar-refractivity contribution in [1.82, 2.24) is 5.32 Å². The molecular formula is C16H22BrNO4. The minimum Gasteiger partial charge on any atom is -0.469 e. The second-order valence-corrected chi connectivity index (χ2v) is 6.85. The molecule has 1 atom stereocenters. The zero-order valence-electron chi connectivity index (χ0n) is 13.3. The van der Waals surface area contributed by atoms with Gasteiger partial charge in [0.2, 0.25) is 0 Å². The van der Waals surface area contributed by atoms with Crippen LogP contribution in [0.1, 0.15) is 26.3 Å². The Hall–Kier alpha value is -1.56. The van der Waals surface area contributed by atoms with Crippen molar-refractivity contribution in [3.05, 3.63) is 34.3 Å². The SMILES string of the molecule is COC(=O)[C@H](CNC(=O)OC(C)(C)C)Cc1cccc(Br)c1. The quantitative estimate of drug-likeness (QED) is 0.806. The Labute approximate surface area is 139 Å². The van der Waals surface area contributed by atoms with E-state index in [0.29, 0.717) is 6.42 Å². The maximum Gasteiger partial charge on any atom is 0.407 e. The number of esters is 1. The lowest BCUT2D eigenvalue weighted by Crippen LogP contribution is -2.38. The number of rotatable bonds is 5. The van der Waals surface area contributed by atoms with Gasteiger partial charge < -0.3 is 14.8 Å². The first-order valence-corrected chi connectivity index (χ1v) is 7.79. The molecule has 0 bridgehead atoms. The molecule has 122 valence electrons. The molecule has 0 saturated heterocycles. The molecule has 22 heavy (non-hydrogen) atoms. The number of hydrogen-bond donors (Lipinski definition) is 1. The minimum absolute atomic E-state index is 0.161. The summed E-state index contributed by atoms with van der Waals surface area (Å²) in [6, 6.07) is 7.67. The van der Waals surface area contributed by atoms with E-state index >= 15 is 0 Å². The van der Waals surface area contributed by atoms with Crippen LogP contribution in [0.15, 0.2) is 28.7 Å². The number of carbonyl (C=O) groups excluding carboxylic acids is 2. The van der Waals surface area contributed by atoms with Crippen LogP contribution in [0.4, 0.5) is 4.79 Å². The van der Waals surface area contributed by atoms with Crippen LogP contribution < -0.4 is 5.32 Å². The fourth-order valence-corrected chi connectivity index (χ4v) is 2.32. The highest BCUT2D eigenvalue weighted by molar-refractivity contribution is 9.10. The van der Waals surface area contributed by atoms with Gasteiger partial charge in [0.15, 0.2) is 0 Å². The molecule has 1 aromatic carbocycles. The highest BCUT2D eigenvalue weighted by Gasteiger charge is 2.22. The molecule has 1 rings (SSSR count). The van der Waals surface area contributed by atoms with Gasteiger partial charge in [0, 0.05) is 11.0 Å². The maximum atomic E-state index is 11.9. The first-order valence-electron chi connectivity index (χ1n) is 7.00. The van der Waals surface area contributed by atoms with Crippen molar-refractivity contribution in [1.29, 1.82) is 0 Å². The number of amides is 1. The van der Waals surface area contributed by atoms with Crippen molar-refractivity contribution in [2.45, 2.75) is 32.8 Å². The van der Waals surface area contributed by atoms with E-state index in [1.807, 2.05) is 24.3 Å². The number of hydrogen-bond acceptors (Lipinski definition) is 4. The molecule has 5 nitrogen and oxygen atoms in total. The molecule has 0 aliphatic carbocycles. The number of halogens is 1. The molecule has 0 saturated carbocycles. The Morgan fingerprint density at radius 2 is 2.00 bits per heavy atom. The van der Waals surface area contributed by atoms with Gasteiger partial charge in [0.25, 0.3) is 0 Å². The number of ether oxygens (including phenoxy) is 2. The van der Waals surface area contributed by atoms with Crippen LogP contribution in [0.2, 0.25) is 0 Å². The predicted octanol–water partition coefficient (Wildman–Crippen LogP) is 3.31. The lowest BCUT2D eigenvalue weighted by molar-refractivity contribution is -0.145. The predicted molar refractivity (Wildman–Crippen MR) is 87.6 cm³/mol. The monoisotopic (exact) mass is 371 g/mol. The zero-order valence-corrected chi connectivity index (χ0v) is 14.9. The third-order valence-electron chi connectivity index (χ3n) is 2.80. The highest BCUT2D eigenvalue weighted by atomic mass is 79.9. The normalized spacial score (nSPS) is 12.4. The molecule has 0 radical (unpaired) electrons. The Kier molecular flexibility index (Phi) is 6.87. The maximum absolute atomic E-state index is 11.9. The fourth-order valence-electron chi connectivity index (χ4n) is 1.87. The van der Waals surface area contributed by atoms with E-state index in [4.69, 9.17) is 9.47 Å². The molecule has 0 fully saturated rings. The molecule has 0 aliphatic rings. The smallest absolute Gasteiger partial charge is 0.407 e. The summed E-state index contributed by atoms with van der Waals surface area (Å²) in [4.78, 5) is 23.6. The standard InChI is InChI=1S/C16H22BrNO4/c1-16(2,3)22-15(20)18-10-12(14(19)21-4)8-11-6-5-7-13(17)9-11/h5-7,9,12H,8,10H2,1-4H3,(H,18,20)/t12-/m0/s1. The molecule has 0 heterocycles. The highest BCUT2D eigenvalue weighted by Crippen LogP contribution is 2.16. The second kappa shape index (κ2) is 8.17. The minimum atomic E-state index is -0.574. The Morgan fingerprint density at radius 1 is 1.32 bits per heavy atom. The largest absolute Gasteiger partial charge is 0.469 e. The fraction of sp³-hybridized carbons (Fsp3) is 0.500. The van der Waals surface area contributed by atoms with Crippen molar-refractivity contribution < 1.29 is 19.1 Å². The van der Waals surface area contributed by atoms with Crippen LogP contribution in [0, 0.1) is 5.92 Å². The van der Waals surface area contributed by atoms with Crippen LogP contribution in [-0.2, 0) is 20.7 Å². The first kappa shape index (κ1) is 18.5. The third-order valence-corrected chi connectivity index (χ3v) is 3.29. The molecular weight excluding hydrogens is 350 g/mol. The van der Waals surface area contributed by atoms with Crippen molar-refractivity contribution in [3.63, 3.8) is 0 Å². The van der Waals surface area contributed by atoms with Crippen LogP contribution in [-0.4, -0.2) is 31.3 Å². The summed E-state index contributed by atoms with van der Waals surface area (Å²) >= 11 is 3.40. The topological polar surface area (TPSA) is 64.6 Å². The number of alkyl carbamates (subject to hydrolysis) is 1. The average molecular weight is 372 g/mol. The van der Waals surface area contributed by atoms with E-state index in [9.17, 15) is 9.59 Å². The molecule has 0 spiro atoms. The van der Waals surface area contributed by atoms with Gasteiger partial charge >= 0.3 is 12.1 Å². The Morgan fingerprint density at radius 3 is 2.55 bits per heavy atom. The summed E-state index contributed by atoms with van der Waals surface area (Å²) in [5.41, 5.74) is 0.408. The molecule has 0 aliphatic heterocycles. The summed E-state index contributed by atoms with van der Waals surface area (Å²) in [5.74, 6) is -0.831. The summed E-state index contributed by atoms with van der Waals surface area (Å²) < 4.78 is 10.9.